The average molecular weight is 341 g/mol. The van der Waals surface area contributed by atoms with Gasteiger partial charge in [0, 0.05) is 17.7 Å². The Morgan fingerprint density at radius 1 is 1.35 bits per heavy atom. The van der Waals surface area contributed by atoms with E-state index in [1.165, 1.54) is 6.20 Å². The van der Waals surface area contributed by atoms with E-state index in [2.05, 4.69) is 5.10 Å². The average Bonchev–Trinajstić information content (AvgIpc) is 2.76. The Morgan fingerprint density at radius 3 is 2.43 bits per heavy atom. The minimum Gasteiger partial charge on any atom is -0.442 e. The van der Waals surface area contributed by atoms with E-state index in [9.17, 15) is 23.3 Å². The Balaban J connectivity index is 2.69. The van der Waals surface area contributed by atoms with Crippen LogP contribution in [-0.2, 0) is 14.6 Å². The van der Waals surface area contributed by atoms with Crippen LogP contribution in [0.2, 0.25) is 0 Å². The van der Waals surface area contributed by atoms with Crippen molar-refractivity contribution in [3.05, 3.63) is 28.4 Å². The van der Waals surface area contributed by atoms with Crippen molar-refractivity contribution < 1.29 is 22.9 Å². The van der Waals surface area contributed by atoms with Gasteiger partial charge in [-0.2, -0.15) is 9.78 Å². The lowest BCUT2D eigenvalue weighted by atomic mass is 10.2. The zero-order valence-corrected chi connectivity index (χ0v) is 13.7. The Hall–Kier alpha value is -2.49. The van der Waals surface area contributed by atoms with E-state index in [1.54, 1.807) is 20.8 Å². The molecule has 1 aromatic carbocycles. The molecule has 0 N–H and O–H groups in total. The van der Waals surface area contributed by atoms with E-state index in [-0.39, 0.29) is 10.9 Å². The van der Waals surface area contributed by atoms with Gasteiger partial charge in [-0.05, 0) is 26.8 Å². The van der Waals surface area contributed by atoms with Crippen LogP contribution in [0.25, 0.3) is 10.9 Å². The second kappa shape index (κ2) is 5.30. The number of aromatic nitrogens is 2. The number of nitrogens with zero attached hydrogens (tertiary/aromatic N) is 3. The fraction of sp³-hybridized carbons (Fsp3) is 0.385. The predicted octanol–water partition coefficient (Wildman–Crippen LogP) is 2.13. The molecule has 2 rings (SSSR count). The second-order valence-corrected chi connectivity index (χ2v) is 7.93. The maximum absolute atomic E-state index is 12.1. The molecule has 1 aromatic heterocycles. The summed E-state index contributed by atoms with van der Waals surface area (Å²) in [5.74, 6) is 0. The second-order valence-electron chi connectivity index (χ2n) is 5.94. The third-order valence-electron chi connectivity index (χ3n) is 2.81. The van der Waals surface area contributed by atoms with Crippen LogP contribution in [0.5, 0.6) is 0 Å². The number of benzene rings is 1. The van der Waals surface area contributed by atoms with Gasteiger partial charge in [0.25, 0.3) is 5.69 Å². The maximum atomic E-state index is 12.1. The monoisotopic (exact) mass is 341 g/mol. The molecule has 0 bridgehead atoms. The van der Waals surface area contributed by atoms with Crippen molar-refractivity contribution in [2.45, 2.75) is 31.3 Å². The molecule has 0 saturated carbocycles. The number of sulfone groups is 1. The van der Waals surface area contributed by atoms with Crippen molar-refractivity contribution in [2.24, 2.45) is 0 Å². The van der Waals surface area contributed by atoms with E-state index in [0.717, 1.165) is 23.1 Å². The summed E-state index contributed by atoms with van der Waals surface area (Å²) in [7, 11) is -3.86. The summed E-state index contributed by atoms with van der Waals surface area (Å²) in [6, 6.07) is 2.12. The number of nitro groups is 1. The molecule has 0 spiro atoms. The number of hydrogen-bond acceptors (Lipinski definition) is 7. The van der Waals surface area contributed by atoms with Gasteiger partial charge in [0.05, 0.1) is 16.6 Å². The molecule has 0 saturated heterocycles. The fourth-order valence-electron chi connectivity index (χ4n) is 1.93. The number of ether oxygens (including phenoxy) is 1. The molecule has 0 aliphatic rings. The van der Waals surface area contributed by atoms with E-state index in [4.69, 9.17) is 4.74 Å². The van der Waals surface area contributed by atoms with E-state index in [0.29, 0.717) is 0 Å². The van der Waals surface area contributed by atoms with E-state index in [1.807, 2.05) is 0 Å². The van der Waals surface area contributed by atoms with Crippen LogP contribution in [0.4, 0.5) is 10.5 Å². The van der Waals surface area contributed by atoms with Gasteiger partial charge < -0.3 is 4.74 Å². The van der Waals surface area contributed by atoms with Crippen LogP contribution < -0.4 is 0 Å². The molecular weight excluding hydrogens is 326 g/mol. The number of fused-ring (bicyclic) bond motifs is 1. The van der Waals surface area contributed by atoms with Gasteiger partial charge in [-0.1, -0.05) is 0 Å². The first-order valence-corrected chi connectivity index (χ1v) is 8.39. The van der Waals surface area contributed by atoms with Gasteiger partial charge in [-0.15, -0.1) is 0 Å². The SMILES string of the molecule is CC(C)(C)OC(=O)n1ncc2cc([N+](=O)[O-])c(S(C)(=O)=O)cc21. The summed E-state index contributed by atoms with van der Waals surface area (Å²) < 4.78 is 29.6. The molecule has 10 heteroatoms. The molecule has 9 nitrogen and oxygen atoms in total. The van der Waals surface area contributed by atoms with Gasteiger partial charge in [0.2, 0.25) is 0 Å². The number of carbonyl (C=O) groups excluding carboxylic acids is 1. The molecule has 2 aromatic rings. The van der Waals surface area contributed by atoms with Crippen molar-refractivity contribution in [2.75, 3.05) is 6.26 Å². The van der Waals surface area contributed by atoms with Gasteiger partial charge >= 0.3 is 6.09 Å². The van der Waals surface area contributed by atoms with Crippen molar-refractivity contribution in [1.82, 2.24) is 9.78 Å². The van der Waals surface area contributed by atoms with Gasteiger partial charge in [0.1, 0.15) is 10.5 Å². The van der Waals surface area contributed by atoms with Crippen LogP contribution >= 0.6 is 0 Å². The third kappa shape index (κ3) is 3.47. The first-order valence-electron chi connectivity index (χ1n) is 6.50. The number of hydrogen-bond donors (Lipinski definition) is 0. The highest BCUT2D eigenvalue weighted by molar-refractivity contribution is 7.90. The highest BCUT2D eigenvalue weighted by Crippen LogP contribution is 2.29. The van der Waals surface area contributed by atoms with Crippen LogP contribution in [0.15, 0.2) is 23.2 Å². The van der Waals surface area contributed by atoms with Crippen LogP contribution in [0, 0.1) is 10.1 Å². The lowest BCUT2D eigenvalue weighted by Gasteiger charge is -2.19. The molecule has 23 heavy (non-hydrogen) atoms. The molecule has 0 atom stereocenters. The first kappa shape index (κ1) is 16.9. The molecule has 0 amide bonds. The minimum atomic E-state index is -3.86. The molecule has 0 aliphatic carbocycles. The molecule has 0 fully saturated rings. The first-order chi connectivity index (χ1) is 10.4. The number of nitro benzene ring substituents is 1. The zero-order valence-electron chi connectivity index (χ0n) is 12.9. The van der Waals surface area contributed by atoms with Crippen LogP contribution in [-0.4, -0.2) is 41.1 Å². The summed E-state index contributed by atoms with van der Waals surface area (Å²) in [5.41, 5.74) is -1.22. The third-order valence-corrected chi connectivity index (χ3v) is 3.94. The van der Waals surface area contributed by atoms with Gasteiger partial charge in [-0.25, -0.2) is 13.2 Å². The molecule has 0 unspecified atom stereocenters. The minimum absolute atomic E-state index is 0.116. The topological polar surface area (TPSA) is 121 Å². The normalized spacial score (nSPS) is 12.3. The van der Waals surface area contributed by atoms with E-state index < -0.39 is 37.0 Å². The van der Waals surface area contributed by atoms with Crippen molar-refractivity contribution >= 4 is 32.5 Å². The van der Waals surface area contributed by atoms with Gasteiger partial charge in [-0.3, -0.25) is 10.1 Å². The van der Waals surface area contributed by atoms with Crippen molar-refractivity contribution in [3.8, 4) is 0 Å². The summed E-state index contributed by atoms with van der Waals surface area (Å²) in [4.78, 5) is 21.9. The van der Waals surface area contributed by atoms with Gasteiger partial charge in [0.15, 0.2) is 9.84 Å². The lowest BCUT2D eigenvalue weighted by Crippen LogP contribution is -2.27. The highest BCUT2D eigenvalue weighted by Gasteiger charge is 2.26. The van der Waals surface area contributed by atoms with Crippen molar-refractivity contribution in [3.63, 3.8) is 0 Å². The summed E-state index contributed by atoms with van der Waals surface area (Å²) in [6.45, 7) is 5.01. The number of carbonyl (C=O) groups is 1. The Kier molecular flexibility index (Phi) is 3.89. The Morgan fingerprint density at radius 2 is 1.96 bits per heavy atom. The molecule has 1 heterocycles. The highest BCUT2D eigenvalue weighted by atomic mass is 32.2. The summed E-state index contributed by atoms with van der Waals surface area (Å²) in [5, 5.41) is 15.1. The quantitative estimate of drug-likeness (QED) is 0.605. The van der Waals surface area contributed by atoms with Crippen molar-refractivity contribution in [1.29, 1.82) is 0 Å². The molecule has 0 aliphatic heterocycles. The maximum Gasteiger partial charge on any atom is 0.435 e. The molecular formula is C13H15N3O6S. The number of rotatable bonds is 2. The molecule has 124 valence electrons. The fourth-order valence-corrected chi connectivity index (χ4v) is 2.77. The lowest BCUT2D eigenvalue weighted by molar-refractivity contribution is -0.387. The zero-order chi connectivity index (χ0) is 17.6. The standard InChI is InChI=1S/C13H15N3O6S/c1-13(2,3)22-12(17)15-9-6-11(23(4,20)21)10(16(18)19)5-8(9)7-14-15/h5-7H,1-4H3. The predicted molar refractivity (Wildman–Crippen MR) is 81.1 cm³/mol. The van der Waals surface area contributed by atoms with Crippen LogP contribution in [0.1, 0.15) is 20.8 Å². The Bertz CT molecular complexity index is 908. The van der Waals surface area contributed by atoms with Crippen LogP contribution in [0.3, 0.4) is 0 Å². The van der Waals surface area contributed by atoms with E-state index >= 15 is 0 Å². The molecule has 0 radical (unpaired) electrons. The smallest absolute Gasteiger partial charge is 0.435 e. The summed E-state index contributed by atoms with van der Waals surface area (Å²) >= 11 is 0. The Labute approximate surface area is 131 Å². The largest absolute Gasteiger partial charge is 0.442 e. The summed E-state index contributed by atoms with van der Waals surface area (Å²) in [6.07, 6.45) is 1.29.